The molecule has 1 atom stereocenters. The van der Waals surface area contributed by atoms with Gasteiger partial charge < -0.3 is 15.0 Å². The van der Waals surface area contributed by atoms with Gasteiger partial charge in [0, 0.05) is 45.0 Å². The van der Waals surface area contributed by atoms with Gasteiger partial charge in [-0.15, -0.1) is 0 Å². The fraction of sp³-hybridized carbons (Fsp3) is 0.435. The molecule has 0 saturated carbocycles. The fourth-order valence-electron chi connectivity index (χ4n) is 3.52. The molecule has 0 radical (unpaired) electrons. The van der Waals surface area contributed by atoms with Crippen LogP contribution in [0.1, 0.15) is 33.1 Å². The van der Waals surface area contributed by atoms with Gasteiger partial charge in [-0.2, -0.15) is 0 Å². The standard InChI is InChI=1S/C23H31N3O2/c1-17-5-6-20(15-18(17)2)23(27)24-16-22(26-11-13-28-14-12-26)19-7-9-21(10-8-19)25(3)4/h5-10,15,22H,11-14,16H2,1-4H3,(H,24,27)/t22-/m0/s1. The number of ether oxygens (including phenoxy) is 1. The van der Waals surface area contributed by atoms with Gasteiger partial charge in [-0.25, -0.2) is 0 Å². The van der Waals surface area contributed by atoms with Crippen LogP contribution in [0.15, 0.2) is 42.5 Å². The van der Waals surface area contributed by atoms with Gasteiger partial charge in [-0.1, -0.05) is 18.2 Å². The molecule has 150 valence electrons. The highest BCUT2D eigenvalue weighted by Gasteiger charge is 2.23. The van der Waals surface area contributed by atoms with Crippen molar-refractivity contribution in [1.29, 1.82) is 0 Å². The molecule has 28 heavy (non-hydrogen) atoms. The lowest BCUT2D eigenvalue weighted by Crippen LogP contribution is -2.43. The minimum absolute atomic E-state index is 0.0220. The van der Waals surface area contributed by atoms with Crippen molar-refractivity contribution in [3.8, 4) is 0 Å². The van der Waals surface area contributed by atoms with Crippen LogP contribution in [0.5, 0.6) is 0 Å². The number of morpholine rings is 1. The van der Waals surface area contributed by atoms with E-state index in [0.717, 1.165) is 31.9 Å². The molecule has 0 spiro atoms. The second kappa shape index (κ2) is 9.22. The number of aryl methyl sites for hydroxylation is 2. The van der Waals surface area contributed by atoms with Crippen molar-refractivity contribution < 1.29 is 9.53 Å². The molecule has 1 saturated heterocycles. The average molecular weight is 382 g/mol. The van der Waals surface area contributed by atoms with E-state index in [-0.39, 0.29) is 11.9 Å². The Morgan fingerprint density at radius 3 is 2.36 bits per heavy atom. The first kappa shape index (κ1) is 20.4. The lowest BCUT2D eigenvalue weighted by atomic mass is 10.0. The predicted octanol–water partition coefficient (Wildman–Crippen LogP) is 3.17. The Morgan fingerprint density at radius 2 is 1.75 bits per heavy atom. The van der Waals surface area contributed by atoms with Crippen molar-refractivity contribution in [2.45, 2.75) is 19.9 Å². The van der Waals surface area contributed by atoms with Gasteiger partial charge in [-0.3, -0.25) is 9.69 Å². The van der Waals surface area contributed by atoms with E-state index < -0.39 is 0 Å². The van der Waals surface area contributed by atoms with Crippen molar-refractivity contribution >= 4 is 11.6 Å². The summed E-state index contributed by atoms with van der Waals surface area (Å²) < 4.78 is 5.52. The van der Waals surface area contributed by atoms with Gasteiger partial charge in [0.2, 0.25) is 0 Å². The maximum atomic E-state index is 12.7. The zero-order valence-electron chi connectivity index (χ0n) is 17.4. The van der Waals surface area contributed by atoms with Gasteiger partial charge in [0.15, 0.2) is 0 Å². The van der Waals surface area contributed by atoms with E-state index >= 15 is 0 Å². The first-order chi connectivity index (χ1) is 13.5. The molecule has 5 nitrogen and oxygen atoms in total. The molecule has 1 aliphatic heterocycles. The third-order valence-electron chi connectivity index (χ3n) is 5.51. The van der Waals surface area contributed by atoms with Crippen LogP contribution in [0.2, 0.25) is 0 Å². The third kappa shape index (κ3) is 4.91. The quantitative estimate of drug-likeness (QED) is 0.835. The van der Waals surface area contributed by atoms with Crippen molar-refractivity contribution in [2.24, 2.45) is 0 Å². The van der Waals surface area contributed by atoms with Crippen LogP contribution in [-0.4, -0.2) is 57.8 Å². The summed E-state index contributed by atoms with van der Waals surface area (Å²) >= 11 is 0. The summed E-state index contributed by atoms with van der Waals surface area (Å²) in [4.78, 5) is 17.2. The van der Waals surface area contributed by atoms with Crippen LogP contribution in [0.3, 0.4) is 0 Å². The molecule has 2 aromatic carbocycles. The number of rotatable bonds is 6. The molecule has 0 unspecified atom stereocenters. The van der Waals surface area contributed by atoms with Crippen LogP contribution in [0.4, 0.5) is 5.69 Å². The Labute approximate surface area is 168 Å². The highest BCUT2D eigenvalue weighted by molar-refractivity contribution is 5.94. The van der Waals surface area contributed by atoms with Crippen LogP contribution >= 0.6 is 0 Å². The molecule has 3 rings (SSSR count). The van der Waals surface area contributed by atoms with Crippen molar-refractivity contribution in [3.63, 3.8) is 0 Å². The second-order valence-corrected chi connectivity index (χ2v) is 7.66. The molecule has 1 aliphatic rings. The number of benzene rings is 2. The van der Waals surface area contributed by atoms with E-state index in [1.165, 1.54) is 16.8 Å². The Bertz CT molecular complexity index is 796. The minimum Gasteiger partial charge on any atom is -0.379 e. The van der Waals surface area contributed by atoms with Gasteiger partial charge >= 0.3 is 0 Å². The summed E-state index contributed by atoms with van der Waals surface area (Å²) in [5.74, 6) is -0.0220. The summed E-state index contributed by atoms with van der Waals surface area (Å²) in [5.41, 5.74) is 5.43. The Balaban J connectivity index is 1.75. The molecule has 2 aromatic rings. The number of amides is 1. The summed E-state index contributed by atoms with van der Waals surface area (Å²) in [6.07, 6.45) is 0. The first-order valence-electron chi connectivity index (χ1n) is 9.90. The lowest BCUT2D eigenvalue weighted by molar-refractivity contribution is 0.0162. The number of hydrogen-bond donors (Lipinski definition) is 1. The van der Waals surface area contributed by atoms with Crippen LogP contribution < -0.4 is 10.2 Å². The molecular weight excluding hydrogens is 350 g/mol. The number of hydrogen-bond acceptors (Lipinski definition) is 4. The normalized spacial score (nSPS) is 15.9. The van der Waals surface area contributed by atoms with Gasteiger partial charge in [0.05, 0.1) is 19.3 Å². The first-order valence-corrected chi connectivity index (χ1v) is 9.90. The Kier molecular flexibility index (Phi) is 6.70. The highest BCUT2D eigenvalue weighted by Crippen LogP contribution is 2.24. The van der Waals surface area contributed by atoms with Gasteiger partial charge in [0.1, 0.15) is 0 Å². The van der Waals surface area contributed by atoms with Gasteiger partial charge in [0.25, 0.3) is 5.91 Å². The Morgan fingerprint density at radius 1 is 1.07 bits per heavy atom. The monoisotopic (exact) mass is 381 g/mol. The number of nitrogens with zero attached hydrogens (tertiary/aromatic N) is 2. The maximum Gasteiger partial charge on any atom is 0.251 e. The summed E-state index contributed by atoms with van der Waals surface area (Å²) in [5, 5.41) is 3.15. The van der Waals surface area contributed by atoms with E-state index in [1.807, 2.05) is 39.2 Å². The summed E-state index contributed by atoms with van der Waals surface area (Å²) in [6.45, 7) is 7.89. The van der Waals surface area contributed by atoms with E-state index in [0.29, 0.717) is 12.1 Å². The molecule has 1 amide bonds. The van der Waals surface area contributed by atoms with E-state index in [9.17, 15) is 4.79 Å². The number of carbonyl (C=O) groups excluding carboxylic acids is 1. The molecule has 0 aromatic heterocycles. The van der Waals surface area contributed by atoms with Crippen LogP contribution in [-0.2, 0) is 4.74 Å². The van der Waals surface area contributed by atoms with Gasteiger partial charge in [-0.05, 0) is 54.8 Å². The highest BCUT2D eigenvalue weighted by atomic mass is 16.5. The smallest absolute Gasteiger partial charge is 0.251 e. The predicted molar refractivity (Wildman–Crippen MR) is 114 cm³/mol. The average Bonchev–Trinajstić information content (AvgIpc) is 2.71. The van der Waals surface area contributed by atoms with Crippen LogP contribution in [0.25, 0.3) is 0 Å². The topological polar surface area (TPSA) is 44.8 Å². The zero-order valence-corrected chi connectivity index (χ0v) is 17.4. The largest absolute Gasteiger partial charge is 0.379 e. The number of carbonyl (C=O) groups is 1. The van der Waals surface area contributed by atoms with E-state index in [1.54, 1.807) is 0 Å². The van der Waals surface area contributed by atoms with Crippen molar-refractivity contribution in [1.82, 2.24) is 10.2 Å². The molecule has 1 fully saturated rings. The number of anilines is 1. The molecule has 0 aliphatic carbocycles. The zero-order chi connectivity index (χ0) is 20.1. The Hall–Kier alpha value is -2.37. The van der Waals surface area contributed by atoms with E-state index in [2.05, 4.69) is 46.3 Å². The third-order valence-corrected chi connectivity index (χ3v) is 5.51. The van der Waals surface area contributed by atoms with E-state index in [4.69, 9.17) is 4.74 Å². The number of nitrogens with one attached hydrogen (secondary N) is 1. The molecular formula is C23H31N3O2. The second-order valence-electron chi connectivity index (χ2n) is 7.66. The fourth-order valence-corrected chi connectivity index (χ4v) is 3.52. The van der Waals surface area contributed by atoms with Crippen molar-refractivity contribution in [2.75, 3.05) is 51.8 Å². The molecule has 1 heterocycles. The molecule has 5 heteroatoms. The van der Waals surface area contributed by atoms with Crippen LogP contribution in [0, 0.1) is 13.8 Å². The molecule has 1 N–H and O–H groups in total. The van der Waals surface area contributed by atoms with Crippen molar-refractivity contribution in [3.05, 3.63) is 64.7 Å². The summed E-state index contributed by atoms with van der Waals surface area (Å²) in [6, 6.07) is 14.6. The maximum absolute atomic E-state index is 12.7. The minimum atomic E-state index is -0.0220. The summed E-state index contributed by atoms with van der Waals surface area (Å²) in [7, 11) is 4.08. The SMILES string of the molecule is Cc1ccc(C(=O)NC[C@@H](c2ccc(N(C)C)cc2)N2CCOCC2)cc1C. The molecule has 0 bridgehead atoms. The lowest BCUT2D eigenvalue weighted by Gasteiger charge is -2.35.